The van der Waals surface area contributed by atoms with E-state index in [1.807, 2.05) is 0 Å². The zero-order valence-electron chi connectivity index (χ0n) is 10.6. The number of hydrogen-bond acceptors (Lipinski definition) is 3. The molecule has 0 aromatic heterocycles. The lowest BCUT2D eigenvalue weighted by Crippen LogP contribution is -2.19. The number of nitro groups is 1. The molecule has 110 valence electrons. The summed E-state index contributed by atoms with van der Waals surface area (Å²) in [6, 6.07) is 12.2. The van der Waals surface area contributed by atoms with Gasteiger partial charge in [-0.25, -0.2) is 0 Å². The number of nitrogens with zero attached hydrogens (tertiary/aromatic N) is 1. The molecule has 0 radical (unpaired) electrons. The quantitative estimate of drug-likeness (QED) is 0.627. The van der Waals surface area contributed by atoms with Crippen LogP contribution in [0.2, 0.25) is 0 Å². The van der Waals surface area contributed by atoms with Crippen LogP contribution in [0.25, 0.3) is 11.1 Å². The predicted molar refractivity (Wildman–Crippen MR) is 70.1 cm³/mol. The minimum atomic E-state index is -4.49. The number of alkyl halides is 3. The summed E-state index contributed by atoms with van der Waals surface area (Å²) in [5.41, 5.74) is 0.618. The maximum Gasteiger partial charge on any atom is 0.422 e. The van der Waals surface area contributed by atoms with Crippen molar-refractivity contribution in [2.45, 2.75) is 6.18 Å². The van der Waals surface area contributed by atoms with Crippen LogP contribution in [-0.4, -0.2) is 17.7 Å². The summed E-state index contributed by atoms with van der Waals surface area (Å²) in [6.07, 6.45) is -4.49. The molecule has 0 saturated heterocycles. The monoisotopic (exact) mass is 297 g/mol. The fraction of sp³-hybridized carbons (Fsp3) is 0.143. The van der Waals surface area contributed by atoms with E-state index in [0.29, 0.717) is 11.1 Å². The minimum absolute atomic E-state index is 0.196. The lowest BCUT2D eigenvalue weighted by Gasteiger charge is -2.10. The molecular formula is C14H10F3NO3. The van der Waals surface area contributed by atoms with Crippen molar-refractivity contribution >= 4 is 5.69 Å². The number of halogens is 3. The largest absolute Gasteiger partial charge is 0.484 e. The molecule has 0 fully saturated rings. The third-order valence-corrected chi connectivity index (χ3v) is 2.65. The van der Waals surface area contributed by atoms with E-state index in [1.54, 1.807) is 30.3 Å². The van der Waals surface area contributed by atoms with Crippen LogP contribution in [0.3, 0.4) is 0 Å². The van der Waals surface area contributed by atoms with Gasteiger partial charge in [-0.05, 0) is 17.7 Å². The Labute approximate surface area is 117 Å². The van der Waals surface area contributed by atoms with Crippen LogP contribution in [0.15, 0.2) is 48.5 Å². The third-order valence-electron chi connectivity index (χ3n) is 2.65. The van der Waals surface area contributed by atoms with Crippen LogP contribution in [0.4, 0.5) is 18.9 Å². The van der Waals surface area contributed by atoms with E-state index >= 15 is 0 Å². The standard InChI is InChI=1S/C14H10F3NO3/c15-14(16,17)9-21-11-6-7-12(13(8-11)18(19)20)10-4-2-1-3-5-10/h1-8H,9H2. The highest BCUT2D eigenvalue weighted by Gasteiger charge is 2.29. The fourth-order valence-corrected chi connectivity index (χ4v) is 1.78. The molecule has 21 heavy (non-hydrogen) atoms. The Hall–Kier alpha value is -2.57. The third kappa shape index (κ3) is 3.95. The van der Waals surface area contributed by atoms with E-state index < -0.39 is 17.7 Å². The molecule has 2 rings (SSSR count). The van der Waals surface area contributed by atoms with Gasteiger partial charge in [0.25, 0.3) is 5.69 Å². The molecule has 0 aliphatic rings. The maximum atomic E-state index is 12.1. The van der Waals surface area contributed by atoms with Gasteiger partial charge in [0.15, 0.2) is 6.61 Å². The molecule has 0 spiro atoms. The summed E-state index contributed by atoms with van der Waals surface area (Å²) in [6.45, 7) is -1.49. The van der Waals surface area contributed by atoms with Crippen molar-refractivity contribution in [1.82, 2.24) is 0 Å². The Morgan fingerprint density at radius 2 is 1.76 bits per heavy atom. The summed E-state index contributed by atoms with van der Waals surface area (Å²) in [7, 11) is 0. The van der Waals surface area contributed by atoms with E-state index in [0.717, 1.165) is 6.07 Å². The molecular weight excluding hydrogens is 287 g/mol. The number of hydrogen-bond donors (Lipinski definition) is 0. The maximum absolute atomic E-state index is 12.1. The highest BCUT2D eigenvalue weighted by atomic mass is 19.4. The predicted octanol–water partition coefficient (Wildman–Crippen LogP) is 4.20. The molecule has 0 unspecified atom stereocenters. The molecule has 0 saturated carbocycles. The summed E-state index contributed by atoms with van der Waals surface area (Å²) in [5, 5.41) is 11.1. The van der Waals surface area contributed by atoms with Crippen molar-refractivity contribution < 1.29 is 22.8 Å². The van der Waals surface area contributed by atoms with E-state index in [1.165, 1.54) is 12.1 Å². The Morgan fingerprint density at radius 1 is 1.10 bits per heavy atom. The number of nitro benzene ring substituents is 1. The van der Waals surface area contributed by atoms with Crippen LogP contribution in [0, 0.1) is 10.1 Å². The van der Waals surface area contributed by atoms with Gasteiger partial charge in [0.2, 0.25) is 0 Å². The van der Waals surface area contributed by atoms with Crippen LogP contribution < -0.4 is 4.74 Å². The first kappa shape index (κ1) is 14.8. The number of ether oxygens (including phenoxy) is 1. The van der Waals surface area contributed by atoms with Gasteiger partial charge in [0.05, 0.1) is 16.6 Å². The number of benzene rings is 2. The lowest BCUT2D eigenvalue weighted by molar-refractivity contribution is -0.384. The summed E-state index contributed by atoms with van der Waals surface area (Å²) < 4.78 is 40.8. The first-order valence-electron chi connectivity index (χ1n) is 5.90. The van der Waals surface area contributed by atoms with E-state index in [9.17, 15) is 23.3 Å². The molecule has 0 bridgehead atoms. The molecule has 0 aliphatic carbocycles. The molecule has 7 heteroatoms. The molecule has 4 nitrogen and oxygen atoms in total. The topological polar surface area (TPSA) is 52.4 Å². The average molecular weight is 297 g/mol. The summed E-state index contributed by atoms with van der Waals surface area (Å²) >= 11 is 0. The van der Waals surface area contributed by atoms with Gasteiger partial charge in [-0.3, -0.25) is 10.1 Å². The van der Waals surface area contributed by atoms with E-state index in [2.05, 4.69) is 4.74 Å². The Bertz CT molecular complexity index is 642. The highest BCUT2D eigenvalue weighted by Crippen LogP contribution is 2.33. The molecule has 0 N–H and O–H groups in total. The summed E-state index contributed by atoms with van der Waals surface area (Å²) in [5.74, 6) is -0.196. The van der Waals surface area contributed by atoms with Crippen molar-refractivity contribution in [3.05, 3.63) is 58.6 Å². The average Bonchev–Trinajstić information content (AvgIpc) is 2.45. The molecule has 0 amide bonds. The minimum Gasteiger partial charge on any atom is -0.484 e. The first-order chi connectivity index (χ1) is 9.87. The zero-order valence-corrected chi connectivity index (χ0v) is 10.6. The molecule has 2 aromatic carbocycles. The highest BCUT2D eigenvalue weighted by molar-refractivity contribution is 5.74. The van der Waals surface area contributed by atoms with Crippen LogP contribution in [0.5, 0.6) is 5.75 Å². The molecule has 0 heterocycles. The van der Waals surface area contributed by atoms with Crippen molar-refractivity contribution in [2.24, 2.45) is 0 Å². The first-order valence-corrected chi connectivity index (χ1v) is 5.90. The Morgan fingerprint density at radius 3 is 2.33 bits per heavy atom. The molecule has 0 aliphatic heterocycles. The van der Waals surface area contributed by atoms with Crippen LogP contribution in [-0.2, 0) is 0 Å². The van der Waals surface area contributed by atoms with Gasteiger partial charge in [-0.2, -0.15) is 13.2 Å². The van der Waals surface area contributed by atoms with Gasteiger partial charge in [-0.15, -0.1) is 0 Å². The van der Waals surface area contributed by atoms with Crippen molar-refractivity contribution in [3.63, 3.8) is 0 Å². The van der Waals surface area contributed by atoms with Crippen molar-refractivity contribution in [1.29, 1.82) is 0 Å². The lowest BCUT2D eigenvalue weighted by atomic mass is 10.0. The van der Waals surface area contributed by atoms with Gasteiger partial charge in [-0.1, -0.05) is 30.3 Å². The van der Waals surface area contributed by atoms with Crippen LogP contribution >= 0.6 is 0 Å². The van der Waals surface area contributed by atoms with Crippen molar-refractivity contribution in [2.75, 3.05) is 6.61 Å². The van der Waals surface area contributed by atoms with Gasteiger partial charge in [0, 0.05) is 0 Å². The van der Waals surface area contributed by atoms with Crippen LogP contribution in [0.1, 0.15) is 0 Å². The fourth-order valence-electron chi connectivity index (χ4n) is 1.78. The SMILES string of the molecule is O=[N+]([O-])c1cc(OCC(F)(F)F)ccc1-c1ccccc1. The van der Waals surface area contributed by atoms with E-state index in [-0.39, 0.29) is 11.4 Å². The Kier molecular flexibility index (Phi) is 4.11. The molecule has 0 atom stereocenters. The second-order valence-corrected chi connectivity index (χ2v) is 4.21. The van der Waals surface area contributed by atoms with Gasteiger partial charge >= 0.3 is 6.18 Å². The second-order valence-electron chi connectivity index (χ2n) is 4.21. The summed E-state index contributed by atoms with van der Waals surface area (Å²) in [4.78, 5) is 10.4. The second kappa shape index (κ2) is 5.82. The normalized spacial score (nSPS) is 11.2. The van der Waals surface area contributed by atoms with Gasteiger partial charge in [0.1, 0.15) is 5.75 Å². The van der Waals surface area contributed by atoms with Gasteiger partial charge < -0.3 is 4.74 Å². The molecule has 2 aromatic rings. The Balaban J connectivity index is 2.34. The number of rotatable bonds is 4. The van der Waals surface area contributed by atoms with Crippen molar-refractivity contribution in [3.8, 4) is 16.9 Å². The van der Waals surface area contributed by atoms with E-state index in [4.69, 9.17) is 0 Å². The zero-order chi connectivity index (χ0) is 15.5. The smallest absolute Gasteiger partial charge is 0.422 e.